The van der Waals surface area contributed by atoms with Crippen LogP contribution in [0.4, 0.5) is 0 Å². The fraction of sp³-hybridized carbons (Fsp3) is 0.867. The lowest BCUT2D eigenvalue weighted by molar-refractivity contribution is -0.195. The minimum atomic E-state index is 0.112. The van der Waals surface area contributed by atoms with Crippen molar-refractivity contribution >= 4 is 0 Å². The van der Waals surface area contributed by atoms with Gasteiger partial charge in [0.2, 0.25) is 0 Å². The summed E-state index contributed by atoms with van der Waals surface area (Å²) in [5, 5.41) is 0. The quantitative estimate of drug-likeness (QED) is 0.562. The maximum Gasteiger partial charge on any atom is 0.0945 e. The van der Waals surface area contributed by atoms with Crippen LogP contribution in [0.2, 0.25) is 0 Å². The second-order valence-electron chi connectivity index (χ2n) is 6.60. The molecule has 1 heteroatoms. The van der Waals surface area contributed by atoms with E-state index in [-0.39, 0.29) is 5.60 Å². The van der Waals surface area contributed by atoms with Crippen LogP contribution in [0, 0.1) is 17.3 Å². The highest BCUT2D eigenvalue weighted by Gasteiger charge is 2.57. The smallest absolute Gasteiger partial charge is 0.0945 e. The zero-order valence-electron chi connectivity index (χ0n) is 10.9. The van der Waals surface area contributed by atoms with Crippen LogP contribution in [0.5, 0.6) is 0 Å². The Morgan fingerprint density at radius 3 is 3.00 bits per heavy atom. The molecular formula is C15H24O. The van der Waals surface area contributed by atoms with E-state index in [2.05, 4.69) is 26.8 Å². The van der Waals surface area contributed by atoms with Crippen molar-refractivity contribution in [2.24, 2.45) is 17.3 Å². The van der Waals surface area contributed by atoms with E-state index in [0.29, 0.717) is 5.41 Å². The van der Waals surface area contributed by atoms with E-state index in [1.54, 1.807) is 0 Å². The minimum absolute atomic E-state index is 0.112. The second kappa shape index (κ2) is 3.35. The Morgan fingerprint density at radius 1 is 1.38 bits per heavy atom. The summed E-state index contributed by atoms with van der Waals surface area (Å²) in [6.07, 6.45) is 9.09. The van der Waals surface area contributed by atoms with Gasteiger partial charge in [0.05, 0.1) is 12.2 Å². The summed E-state index contributed by atoms with van der Waals surface area (Å²) in [5.74, 6) is 1.67. The van der Waals surface area contributed by atoms with E-state index in [1.165, 1.54) is 37.7 Å². The summed E-state index contributed by atoms with van der Waals surface area (Å²) in [5.41, 5.74) is 2.06. The second-order valence-corrected chi connectivity index (χ2v) is 6.60. The van der Waals surface area contributed by atoms with E-state index < -0.39 is 0 Å². The average Bonchev–Trinajstić information content (AvgIpc) is 2.26. The molecule has 2 aliphatic carbocycles. The highest BCUT2D eigenvalue weighted by Crippen LogP contribution is 2.59. The predicted octanol–water partition coefficient (Wildman–Crippen LogP) is 3.94. The normalized spacial score (nSPS) is 51.8. The summed E-state index contributed by atoms with van der Waals surface area (Å²) in [6.45, 7) is 8.11. The number of fused-ring (bicyclic) bond motifs is 1. The predicted molar refractivity (Wildman–Crippen MR) is 66.3 cm³/mol. The van der Waals surface area contributed by atoms with Crippen molar-refractivity contribution < 1.29 is 4.74 Å². The molecule has 4 atom stereocenters. The molecule has 90 valence electrons. The van der Waals surface area contributed by atoms with Gasteiger partial charge in [-0.15, -0.1) is 0 Å². The molecular weight excluding hydrogens is 196 g/mol. The van der Waals surface area contributed by atoms with Crippen molar-refractivity contribution in [3.8, 4) is 0 Å². The third kappa shape index (κ3) is 1.21. The van der Waals surface area contributed by atoms with Crippen LogP contribution >= 0.6 is 0 Å². The monoisotopic (exact) mass is 220 g/mol. The van der Waals surface area contributed by atoms with Gasteiger partial charge in [-0.1, -0.05) is 19.9 Å². The zero-order valence-corrected chi connectivity index (χ0v) is 10.9. The molecule has 0 radical (unpaired) electrons. The SMILES string of the molecule is CC1=CCCC2(C)CCC3CC12OCC3C. The number of hydrogen-bond acceptors (Lipinski definition) is 1. The number of hydrogen-bond donors (Lipinski definition) is 0. The molecule has 0 aromatic heterocycles. The molecule has 1 heterocycles. The first kappa shape index (κ1) is 10.8. The van der Waals surface area contributed by atoms with Crippen molar-refractivity contribution in [3.05, 3.63) is 11.6 Å². The van der Waals surface area contributed by atoms with E-state index in [9.17, 15) is 0 Å². The number of rotatable bonds is 0. The Kier molecular flexibility index (Phi) is 2.27. The Morgan fingerprint density at radius 2 is 2.19 bits per heavy atom. The number of ether oxygens (including phenoxy) is 1. The standard InChI is InChI=1S/C15H24O/c1-11-10-16-15-9-13(11)6-8-14(15,3)7-4-5-12(15)2/h5,11,13H,4,6-10H2,1-3H3. The first-order valence-electron chi connectivity index (χ1n) is 6.89. The fourth-order valence-electron chi connectivity index (χ4n) is 4.40. The zero-order chi connectivity index (χ0) is 11.4. The molecule has 1 spiro atoms. The molecule has 0 aromatic rings. The van der Waals surface area contributed by atoms with Gasteiger partial charge in [0.15, 0.2) is 0 Å². The Labute approximate surface area is 99.3 Å². The van der Waals surface area contributed by atoms with E-state index >= 15 is 0 Å². The lowest BCUT2D eigenvalue weighted by Gasteiger charge is -2.60. The van der Waals surface area contributed by atoms with Crippen LogP contribution in [-0.2, 0) is 4.74 Å². The molecule has 0 amide bonds. The molecule has 3 aliphatic rings. The van der Waals surface area contributed by atoms with Gasteiger partial charge in [-0.05, 0) is 56.4 Å². The van der Waals surface area contributed by atoms with Crippen molar-refractivity contribution in [1.29, 1.82) is 0 Å². The summed E-state index contributed by atoms with van der Waals surface area (Å²) in [7, 11) is 0. The Hall–Kier alpha value is -0.300. The maximum absolute atomic E-state index is 6.40. The van der Waals surface area contributed by atoms with Crippen LogP contribution in [0.3, 0.4) is 0 Å². The lowest BCUT2D eigenvalue weighted by atomic mass is 9.53. The summed E-state index contributed by atoms with van der Waals surface area (Å²) in [6, 6.07) is 0. The van der Waals surface area contributed by atoms with E-state index in [4.69, 9.17) is 4.74 Å². The van der Waals surface area contributed by atoms with Gasteiger partial charge >= 0.3 is 0 Å². The van der Waals surface area contributed by atoms with Gasteiger partial charge in [0.25, 0.3) is 0 Å². The molecule has 1 saturated heterocycles. The highest BCUT2D eigenvalue weighted by molar-refractivity contribution is 5.27. The van der Waals surface area contributed by atoms with Gasteiger partial charge in [-0.25, -0.2) is 0 Å². The molecule has 1 saturated carbocycles. The third-order valence-corrected chi connectivity index (χ3v) is 5.77. The highest BCUT2D eigenvalue weighted by atomic mass is 16.5. The van der Waals surface area contributed by atoms with Gasteiger partial charge in [-0.3, -0.25) is 0 Å². The maximum atomic E-state index is 6.40. The fourth-order valence-corrected chi connectivity index (χ4v) is 4.40. The minimum Gasteiger partial charge on any atom is -0.370 e. The molecule has 1 nitrogen and oxygen atoms in total. The van der Waals surface area contributed by atoms with Crippen LogP contribution in [0.25, 0.3) is 0 Å². The molecule has 4 unspecified atom stereocenters. The summed E-state index contributed by atoms with van der Waals surface area (Å²) in [4.78, 5) is 0. The first-order valence-corrected chi connectivity index (χ1v) is 6.89. The van der Waals surface area contributed by atoms with Gasteiger partial charge in [-0.2, -0.15) is 0 Å². The van der Waals surface area contributed by atoms with Gasteiger partial charge in [0, 0.05) is 5.41 Å². The van der Waals surface area contributed by atoms with Crippen LogP contribution in [0.1, 0.15) is 52.9 Å². The molecule has 0 N–H and O–H groups in total. The van der Waals surface area contributed by atoms with Crippen molar-refractivity contribution in [1.82, 2.24) is 0 Å². The average molecular weight is 220 g/mol. The van der Waals surface area contributed by atoms with Crippen molar-refractivity contribution in [2.45, 2.75) is 58.5 Å². The summed E-state index contributed by atoms with van der Waals surface area (Å²) < 4.78 is 6.40. The molecule has 0 aromatic carbocycles. The van der Waals surface area contributed by atoms with Gasteiger partial charge in [0.1, 0.15) is 0 Å². The van der Waals surface area contributed by atoms with Crippen molar-refractivity contribution in [2.75, 3.05) is 6.61 Å². The molecule has 2 fully saturated rings. The topological polar surface area (TPSA) is 9.23 Å². The number of allylic oxidation sites excluding steroid dienone is 1. The summed E-state index contributed by atoms with van der Waals surface area (Å²) >= 11 is 0. The Balaban J connectivity index is 2.03. The molecule has 16 heavy (non-hydrogen) atoms. The van der Waals surface area contributed by atoms with Crippen LogP contribution in [-0.4, -0.2) is 12.2 Å². The van der Waals surface area contributed by atoms with Crippen LogP contribution < -0.4 is 0 Å². The van der Waals surface area contributed by atoms with E-state index in [0.717, 1.165) is 18.4 Å². The van der Waals surface area contributed by atoms with Crippen molar-refractivity contribution in [3.63, 3.8) is 0 Å². The third-order valence-electron chi connectivity index (χ3n) is 5.77. The van der Waals surface area contributed by atoms with Crippen LogP contribution in [0.15, 0.2) is 11.6 Å². The molecule has 2 bridgehead atoms. The Bertz CT molecular complexity index is 332. The molecule has 1 aliphatic heterocycles. The van der Waals surface area contributed by atoms with Gasteiger partial charge < -0.3 is 4.74 Å². The first-order chi connectivity index (χ1) is 7.57. The lowest BCUT2D eigenvalue weighted by Crippen LogP contribution is -2.59. The molecule has 3 rings (SSSR count). The largest absolute Gasteiger partial charge is 0.370 e. The van der Waals surface area contributed by atoms with E-state index in [1.807, 2.05) is 0 Å².